The van der Waals surface area contributed by atoms with Gasteiger partial charge in [0.1, 0.15) is 11.5 Å². The van der Waals surface area contributed by atoms with Crippen LogP contribution >= 0.6 is 46.4 Å². The maximum atomic E-state index is 15.1. The molecule has 1 spiro atoms. The third-order valence-corrected chi connectivity index (χ3v) is 8.60. The maximum absolute atomic E-state index is 15.1. The summed E-state index contributed by atoms with van der Waals surface area (Å²) in [6.45, 7) is 4.76. The van der Waals surface area contributed by atoms with E-state index in [1.807, 2.05) is 20.8 Å². The van der Waals surface area contributed by atoms with Gasteiger partial charge in [0.25, 0.3) is 11.8 Å². The molecule has 7 nitrogen and oxygen atoms in total. The summed E-state index contributed by atoms with van der Waals surface area (Å²) in [5.74, 6) is -9.66. The number of carbonyl (C=O) groups is 3. The van der Waals surface area contributed by atoms with Crippen LogP contribution in [-0.2, 0) is 19.9 Å². The summed E-state index contributed by atoms with van der Waals surface area (Å²) < 4.78 is 30.2. The fourth-order valence-corrected chi connectivity index (χ4v) is 7.48. The molecule has 2 aromatic rings. The number of rotatable bonds is 4. The summed E-state index contributed by atoms with van der Waals surface area (Å²) in [6.07, 6.45) is -0.814. The number of hydrogen-bond acceptors (Lipinski definition) is 4. The van der Waals surface area contributed by atoms with Crippen molar-refractivity contribution in [1.29, 1.82) is 0 Å². The number of alkyl halides is 2. The van der Waals surface area contributed by atoms with Crippen molar-refractivity contribution in [3.05, 3.63) is 56.0 Å². The summed E-state index contributed by atoms with van der Waals surface area (Å²) in [7, 11) is 0. The number of halogens is 6. The molecule has 2 aromatic carbocycles. The average molecular weight is 635 g/mol. The summed E-state index contributed by atoms with van der Waals surface area (Å²) in [5, 5.41) is 13.8. The molecule has 0 aliphatic carbocycles. The molecule has 3 heterocycles. The highest BCUT2D eigenvalue weighted by molar-refractivity contribution is 6.38. The van der Waals surface area contributed by atoms with E-state index in [1.54, 1.807) is 0 Å². The van der Waals surface area contributed by atoms with Crippen LogP contribution in [-0.4, -0.2) is 52.8 Å². The molecule has 0 bridgehead atoms. The van der Waals surface area contributed by atoms with Crippen molar-refractivity contribution in [1.82, 2.24) is 4.90 Å². The fourth-order valence-electron chi connectivity index (χ4n) is 6.43. The zero-order chi connectivity index (χ0) is 29.5. The monoisotopic (exact) mass is 633 g/mol. The molecular weight excluding hydrogens is 610 g/mol. The molecule has 2 saturated heterocycles. The molecule has 4 atom stereocenters. The Kier molecular flexibility index (Phi) is 7.11. The van der Waals surface area contributed by atoms with Crippen LogP contribution < -0.4 is 10.2 Å². The molecule has 0 saturated carbocycles. The van der Waals surface area contributed by atoms with Crippen LogP contribution in [0.1, 0.15) is 32.8 Å². The van der Waals surface area contributed by atoms with Crippen LogP contribution in [0.25, 0.3) is 0 Å². The Bertz CT molecular complexity index is 1430. The second kappa shape index (κ2) is 9.70. The highest BCUT2D eigenvalue weighted by atomic mass is 35.5. The quantitative estimate of drug-likeness (QED) is 0.397. The zero-order valence-electron chi connectivity index (χ0n) is 21.6. The molecule has 1 unspecified atom stereocenters. The van der Waals surface area contributed by atoms with E-state index >= 15 is 8.78 Å². The second-order valence-corrected chi connectivity index (χ2v) is 13.5. The lowest BCUT2D eigenvalue weighted by molar-refractivity contribution is -0.153. The van der Waals surface area contributed by atoms with E-state index in [9.17, 15) is 19.5 Å². The van der Waals surface area contributed by atoms with Gasteiger partial charge in [-0.3, -0.25) is 19.3 Å². The lowest BCUT2D eigenvalue weighted by Gasteiger charge is -2.36. The maximum Gasteiger partial charge on any atom is 0.310 e. The first kappa shape index (κ1) is 29.3. The third kappa shape index (κ3) is 4.64. The molecule has 2 fully saturated rings. The molecular formula is C27H25Cl4F2N3O4. The predicted octanol–water partition coefficient (Wildman–Crippen LogP) is 6.57. The lowest BCUT2D eigenvalue weighted by Crippen LogP contribution is -2.54. The van der Waals surface area contributed by atoms with Gasteiger partial charge in [-0.25, -0.2) is 8.78 Å². The lowest BCUT2D eigenvalue weighted by atomic mass is 9.73. The van der Waals surface area contributed by atoms with Crippen LogP contribution in [0, 0.1) is 17.3 Å². The SMILES string of the molecule is CC(C)(C)CN(C(=O)[C@@H]1C2CC(F)(F)CN2[C@@]2(C(=O)Nc3c(Cl)cc(Cl)cc32)[C@@H]1C(=O)O)c1cc(Cl)cc(Cl)c1. The number of benzene rings is 2. The van der Waals surface area contributed by atoms with Gasteiger partial charge < -0.3 is 15.3 Å². The minimum Gasteiger partial charge on any atom is -0.481 e. The van der Waals surface area contributed by atoms with Crippen molar-refractivity contribution >= 4 is 75.6 Å². The van der Waals surface area contributed by atoms with Crippen molar-refractivity contribution in [2.24, 2.45) is 17.3 Å². The van der Waals surface area contributed by atoms with Gasteiger partial charge in [0.05, 0.1) is 23.2 Å². The van der Waals surface area contributed by atoms with E-state index in [4.69, 9.17) is 46.4 Å². The minimum absolute atomic E-state index is 0.0251. The van der Waals surface area contributed by atoms with E-state index in [0.29, 0.717) is 0 Å². The molecule has 40 heavy (non-hydrogen) atoms. The Morgan fingerprint density at radius 3 is 2.25 bits per heavy atom. The van der Waals surface area contributed by atoms with Crippen LogP contribution in [0.2, 0.25) is 20.1 Å². The molecule has 3 aliphatic rings. The number of nitrogens with one attached hydrogen (secondary N) is 1. The highest BCUT2D eigenvalue weighted by Crippen LogP contribution is 2.61. The standard InChI is InChI=1S/C27H25Cl4F2N3O4/c1-25(2,3)10-35(15-5-12(28)4-13(29)6-15)22(37)19-18-9-26(32,33)11-36(18)27(20(19)23(38)39)16-7-14(30)8-17(31)21(16)34-24(27)40/h4-8,18-20H,9-11H2,1-3H3,(H,34,40)(H,38,39)/t18?,19-,20+,27-/m1/s1. The number of carboxylic acid groups (broad SMARTS) is 1. The fraction of sp³-hybridized carbons (Fsp3) is 0.444. The van der Waals surface area contributed by atoms with Crippen molar-refractivity contribution in [2.45, 2.75) is 44.7 Å². The van der Waals surface area contributed by atoms with E-state index in [2.05, 4.69) is 5.32 Å². The van der Waals surface area contributed by atoms with Gasteiger partial charge in [0.15, 0.2) is 0 Å². The van der Waals surface area contributed by atoms with Crippen LogP contribution in [0.4, 0.5) is 20.2 Å². The molecule has 0 radical (unpaired) electrons. The van der Waals surface area contributed by atoms with Gasteiger partial charge in [-0.2, -0.15) is 0 Å². The first-order valence-electron chi connectivity index (χ1n) is 12.4. The second-order valence-electron chi connectivity index (χ2n) is 11.7. The van der Waals surface area contributed by atoms with E-state index in [1.165, 1.54) is 35.2 Å². The van der Waals surface area contributed by atoms with Crippen molar-refractivity contribution in [2.75, 3.05) is 23.3 Å². The van der Waals surface area contributed by atoms with Crippen molar-refractivity contribution in [3.8, 4) is 0 Å². The van der Waals surface area contributed by atoms with Crippen molar-refractivity contribution in [3.63, 3.8) is 0 Å². The van der Waals surface area contributed by atoms with E-state index < -0.39 is 65.5 Å². The molecule has 3 aliphatic heterocycles. The Morgan fingerprint density at radius 1 is 1.07 bits per heavy atom. The van der Waals surface area contributed by atoms with Gasteiger partial charge >= 0.3 is 5.97 Å². The normalized spacial score (nSPS) is 27.0. The summed E-state index contributed by atoms with van der Waals surface area (Å²) in [4.78, 5) is 43.9. The number of carbonyl (C=O) groups excluding carboxylic acids is 2. The molecule has 5 rings (SSSR count). The van der Waals surface area contributed by atoms with Crippen LogP contribution in [0.3, 0.4) is 0 Å². The number of nitrogens with zero attached hydrogens (tertiary/aromatic N) is 2. The average Bonchev–Trinajstić information content (AvgIpc) is 3.37. The van der Waals surface area contributed by atoms with Gasteiger partial charge in [0.2, 0.25) is 5.91 Å². The number of fused-ring (bicyclic) bond motifs is 4. The van der Waals surface area contributed by atoms with E-state index in [0.717, 1.165) is 4.90 Å². The molecule has 214 valence electrons. The Hall–Kier alpha value is -2.17. The first-order chi connectivity index (χ1) is 18.5. The van der Waals surface area contributed by atoms with Gasteiger partial charge in [-0.1, -0.05) is 67.2 Å². The van der Waals surface area contributed by atoms with Crippen molar-refractivity contribution < 1.29 is 28.3 Å². The Labute approximate surface area is 249 Å². The number of hydrogen-bond donors (Lipinski definition) is 2. The van der Waals surface area contributed by atoms with Crippen LogP contribution in [0.5, 0.6) is 0 Å². The Morgan fingerprint density at radius 2 is 1.68 bits per heavy atom. The number of aliphatic carboxylic acids is 1. The predicted molar refractivity (Wildman–Crippen MR) is 150 cm³/mol. The molecule has 0 aromatic heterocycles. The molecule has 13 heteroatoms. The van der Waals surface area contributed by atoms with Gasteiger partial charge in [-0.05, 0) is 35.7 Å². The summed E-state index contributed by atoms with van der Waals surface area (Å²) >= 11 is 25.1. The summed E-state index contributed by atoms with van der Waals surface area (Å²) in [6, 6.07) is 5.89. The Balaban J connectivity index is 1.74. The number of anilines is 2. The smallest absolute Gasteiger partial charge is 0.310 e. The highest BCUT2D eigenvalue weighted by Gasteiger charge is 2.74. The minimum atomic E-state index is -3.29. The topological polar surface area (TPSA) is 90.0 Å². The molecule has 2 N–H and O–H groups in total. The molecule has 2 amide bonds. The third-order valence-electron chi connectivity index (χ3n) is 7.65. The first-order valence-corrected chi connectivity index (χ1v) is 13.9. The number of amides is 2. The summed E-state index contributed by atoms with van der Waals surface area (Å²) in [5.41, 5.74) is -2.25. The zero-order valence-corrected chi connectivity index (χ0v) is 24.6. The van der Waals surface area contributed by atoms with Gasteiger partial charge in [0, 0.05) is 45.3 Å². The largest absolute Gasteiger partial charge is 0.481 e. The number of carboxylic acids is 1. The van der Waals surface area contributed by atoms with Gasteiger partial charge in [-0.15, -0.1) is 0 Å². The van der Waals surface area contributed by atoms with E-state index in [-0.39, 0.29) is 43.6 Å². The van der Waals surface area contributed by atoms with Crippen LogP contribution in [0.15, 0.2) is 30.3 Å².